The highest BCUT2D eigenvalue weighted by Crippen LogP contribution is 2.33. The normalized spacial score (nSPS) is 21.6. The smallest absolute Gasteiger partial charge is 0.275 e. The van der Waals surface area contributed by atoms with E-state index in [2.05, 4.69) is 15.4 Å². The number of halogens is 2. The van der Waals surface area contributed by atoms with Gasteiger partial charge in [0.25, 0.3) is 5.91 Å². The molecule has 1 aliphatic rings. The lowest BCUT2D eigenvalue weighted by molar-refractivity contribution is -0.00229. The first-order valence-corrected chi connectivity index (χ1v) is 10.5. The minimum absolute atomic E-state index is 0.0247. The van der Waals surface area contributed by atoms with Crippen molar-refractivity contribution in [2.24, 2.45) is 12.8 Å². The van der Waals surface area contributed by atoms with Crippen LogP contribution in [0.1, 0.15) is 35.1 Å². The van der Waals surface area contributed by atoms with Gasteiger partial charge < -0.3 is 20.9 Å². The fraction of sp³-hybridized carbons (Fsp3) is 0.350. The van der Waals surface area contributed by atoms with Gasteiger partial charge in [0.1, 0.15) is 28.4 Å². The molecule has 31 heavy (non-hydrogen) atoms. The highest BCUT2D eigenvalue weighted by atomic mass is 32.1. The number of nitrogens with one attached hydrogen (secondary N) is 1. The first kappa shape index (κ1) is 21.5. The van der Waals surface area contributed by atoms with E-state index in [4.69, 9.17) is 10.5 Å². The minimum Gasteiger partial charge on any atom is -0.389 e. The van der Waals surface area contributed by atoms with E-state index < -0.39 is 29.7 Å². The predicted molar refractivity (Wildman–Crippen MR) is 111 cm³/mol. The Morgan fingerprint density at radius 1 is 1.35 bits per heavy atom. The van der Waals surface area contributed by atoms with Crippen molar-refractivity contribution in [3.8, 4) is 10.6 Å². The molecule has 4 N–H and O–H groups in total. The molecule has 1 saturated heterocycles. The summed E-state index contributed by atoms with van der Waals surface area (Å²) in [5.74, 6) is -2.04. The Kier molecular flexibility index (Phi) is 6.10. The van der Waals surface area contributed by atoms with Crippen molar-refractivity contribution in [2.45, 2.75) is 31.1 Å². The van der Waals surface area contributed by atoms with Crippen molar-refractivity contribution in [3.63, 3.8) is 0 Å². The van der Waals surface area contributed by atoms with Gasteiger partial charge >= 0.3 is 0 Å². The number of aliphatic hydroxyl groups is 1. The summed E-state index contributed by atoms with van der Waals surface area (Å²) in [5.41, 5.74) is 6.73. The number of aryl methyl sites for hydroxylation is 1. The van der Waals surface area contributed by atoms with E-state index in [9.17, 15) is 18.7 Å². The monoisotopic (exact) mass is 449 g/mol. The number of anilines is 1. The molecule has 4 rings (SSSR count). The Balaban J connectivity index is 1.55. The standard InChI is InChI=1S/C20H21F2N5O3S/c1-27-18(16-6-5-12(23)15(28)8-30-16)13(7-24-27)25-19(29)14-9-31-20(26-14)17-10(21)3-2-4-11(17)22/h2-4,7,9,12,15-16,28H,5-6,8,23H2,1H3,(H,25,29)/t12-,15-,16+/m0/s1. The van der Waals surface area contributed by atoms with Crippen LogP contribution >= 0.6 is 11.3 Å². The lowest BCUT2D eigenvalue weighted by atomic mass is 10.0. The molecule has 11 heteroatoms. The van der Waals surface area contributed by atoms with Crippen LogP contribution in [0.4, 0.5) is 14.5 Å². The number of aromatic nitrogens is 3. The van der Waals surface area contributed by atoms with Gasteiger partial charge in [-0.2, -0.15) is 5.10 Å². The Morgan fingerprint density at radius 2 is 2.10 bits per heavy atom. The van der Waals surface area contributed by atoms with E-state index in [1.165, 1.54) is 17.6 Å². The average Bonchev–Trinajstić information content (AvgIpc) is 3.31. The second-order valence-corrected chi connectivity index (χ2v) is 8.14. The summed E-state index contributed by atoms with van der Waals surface area (Å²) in [7, 11) is 1.72. The molecule has 0 unspecified atom stereocenters. The Morgan fingerprint density at radius 3 is 2.84 bits per heavy atom. The average molecular weight is 449 g/mol. The van der Waals surface area contributed by atoms with Crippen LogP contribution in [0.15, 0.2) is 29.8 Å². The number of ether oxygens (including phenoxy) is 1. The number of benzene rings is 1. The first-order valence-electron chi connectivity index (χ1n) is 9.63. The van der Waals surface area contributed by atoms with E-state index in [-0.39, 0.29) is 28.9 Å². The van der Waals surface area contributed by atoms with Crippen molar-refractivity contribution in [1.82, 2.24) is 14.8 Å². The molecule has 3 aromatic rings. The summed E-state index contributed by atoms with van der Waals surface area (Å²) < 4.78 is 35.4. The quantitative estimate of drug-likeness (QED) is 0.564. The molecule has 1 amide bonds. The van der Waals surface area contributed by atoms with Gasteiger partial charge in [-0.1, -0.05) is 6.07 Å². The SMILES string of the molecule is Cn1ncc(NC(=O)c2csc(-c3c(F)cccc3F)n2)c1[C@H]1CC[C@H](N)[C@@H](O)CO1. The van der Waals surface area contributed by atoms with Crippen LogP contribution in [-0.4, -0.2) is 44.5 Å². The van der Waals surface area contributed by atoms with Gasteiger partial charge in [0, 0.05) is 18.5 Å². The van der Waals surface area contributed by atoms with Crippen LogP contribution in [0.2, 0.25) is 0 Å². The molecule has 0 saturated carbocycles. The van der Waals surface area contributed by atoms with Gasteiger partial charge in [0.05, 0.1) is 35.9 Å². The van der Waals surface area contributed by atoms with Gasteiger partial charge in [0.15, 0.2) is 0 Å². The highest BCUT2D eigenvalue weighted by Gasteiger charge is 2.29. The maximum absolute atomic E-state index is 14.0. The van der Waals surface area contributed by atoms with Crippen molar-refractivity contribution in [1.29, 1.82) is 0 Å². The second-order valence-electron chi connectivity index (χ2n) is 7.29. The number of nitrogens with zero attached hydrogens (tertiary/aromatic N) is 3. The predicted octanol–water partition coefficient (Wildman–Crippen LogP) is 2.61. The number of hydrogen-bond donors (Lipinski definition) is 3. The molecular weight excluding hydrogens is 428 g/mol. The molecule has 3 heterocycles. The van der Waals surface area contributed by atoms with Crippen molar-refractivity contribution < 1.29 is 23.4 Å². The van der Waals surface area contributed by atoms with Gasteiger partial charge in [-0.25, -0.2) is 13.8 Å². The third-order valence-corrected chi connectivity index (χ3v) is 6.04. The molecule has 2 aromatic heterocycles. The van der Waals surface area contributed by atoms with Gasteiger partial charge in [0.2, 0.25) is 0 Å². The van der Waals surface area contributed by atoms with E-state index >= 15 is 0 Å². The number of carbonyl (C=O) groups is 1. The summed E-state index contributed by atoms with van der Waals surface area (Å²) in [4.78, 5) is 16.9. The zero-order valence-corrected chi connectivity index (χ0v) is 17.4. The zero-order valence-electron chi connectivity index (χ0n) is 16.6. The largest absolute Gasteiger partial charge is 0.389 e. The molecule has 1 aliphatic heterocycles. The van der Waals surface area contributed by atoms with Crippen LogP contribution in [0.5, 0.6) is 0 Å². The lowest BCUT2D eigenvalue weighted by Crippen LogP contribution is -2.35. The fourth-order valence-electron chi connectivity index (χ4n) is 3.48. The Bertz CT molecular complexity index is 1070. The summed E-state index contributed by atoms with van der Waals surface area (Å²) in [6, 6.07) is 3.15. The van der Waals surface area contributed by atoms with E-state index in [0.29, 0.717) is 24.2 Å². The summed E-state index contributed by atoms with van der Waals surface area (Å²) >= 11 is 0.971. The number of amides is 1. The molecule has 0 aliphatic carbocycles. The molecule has 1 aromatic carbocycles. The number of rotatable bonds is 4. The molecule has 164 valence electrons. The molecule has 0 bridgehead atoms. The lowest BCUT2D eigenvalue weighted by Gasteiger charge is -2.17. The molecule has 0 spiro atoms. The number of thiazole rings is 1. The fourth-order valence-corrected chi connectivity index (χ4v) is 4.33. The summed E-state index contributed by atoms with van der Waals surface area (Å²) in [5, 5.41) is 18.4. The number of nitrogens with two attached hydrogens (primary N) is 1. The van der Waals surface area contributed by atoms with E-state index in [1.54, 1.807) is 11.7 Å². The van der Waals surface area contributed by atoms with Crippen molar-refractivity contribution in [2.75, 3.05) is 11.9 Å². The van der Waals surface area contributed by atoms with Crippen LogP contribution in [0.25, 0.3) is 10.6 Å². The molecular formula is C20H21F2N5O3S. The van der Waals surface area contributed by atoms with Crippen molar-refractivity contribution in [3.05, 3.63) is 52.8 Å². The molecule has 0 radical (unpaired) electrons. The maximum atomic E-state index is 14.0. The third-order valence-electron chi connectivity index (χ3n) is 5.18. The highest BCUT2D eigenvalue weighted by molar-refractivity contribution is 7.13. The third kappa shape index (κ3) is 4.35. The number of aliphatic hydroxyl groups excluding tert-OH is 1. The van der Waals surface area contributed by atoms with Crippen LogP contribution in [0, 0.1) is 11.6 Å². The Labute approximate surface area is 180 Å². The summed E-state index contributed by atoms with van der Waals surface area (Å²) in [6.07, 6.45) is 1.41. The zero-order chi connectivity index (χ0) is 22.1. The van der Waals surface area contributed by atoms with Crippen LogP contribution in [-0.2, 0) is 11.8 Å². The van der Waals surface area contributed by atoms with Crippen molar-refractivity contribution >= 4 is 22.9 Å². The van der Waals surface area contributed by atoms with Crippen LogP contribution < -0.4 is 11.1 Å². The maximum Gasteiger partial charge on any atom is 0.275 e. The number of carbonyl (C=O) groups excluding carboxylic acids is 1. The molecule has 3 atom stereocenters. The van der Waals surface area contributed by atoms with E-state index in [1.807, 2.05) is 0 Å². The summed E-state index contributed by atoms with van der Waals surface area (Å²) in [6.45, 7) is 0.0774. The topological polar surface area (TPSA) is 115 Å². The van der Waals surface area contributed by atoms with Gasteiger partial charge in [-0.05, 0) is 25.0 Å². The molecule has 8 nitrogen and oxygen atoms in total. The number of hydrogen-bond acceptors (Lipinski definition) is 7. The molecule has 1 fully saturated rings. The Hall–Kier alpha value is -2.73. The first-order chi connectivity index (χ1) is 14.8. The van der Waals surface area contributed by atoms with Crippen LogP contribution in [0.3, 0.4) is 0 Å². The van der Waals surface area contributed by atoms with Gasteiger partial charge in [-0.3, -0.25) is 9.48 Å². The second kappa shape index (κ2) is 8.79. The van der Waals surface area contributed by atoms with Gasteiger partial charge in [-0.15, -0.1) is 11.3 Å². The van der Waals surface area contributed by atoms with E-state index in [0.717, 1.165) is 23.5 Å². The minimum atomic E-state index is -0.761.